The van der Waals surface area contributed by atoms with Crippen LogP contribution in [0.2, 0.25) is 0 Å². The first-order valence-electron chi connectivity index (χ1n) is 13.4. The molecule has 0 bridgehead atoms. The summed E-state index contributed by atoms with van der Waals surface area (Å²) in [4.78, 5) is 15.1. The Kier molecular flexibility index (Phi) is 7.84. The van der Waals surface area contributed by atoms with E-state index in [1.807, 2.05) is 25.1 Å². The van der Waals surface area contributed by atoms with Crippen LogP contribution in [0, 0.1) is 5.82 Å². The lowest BCUT2D eigenvalue weighted by Gasteiger charge is -2.26. The van der Waals surface area contributed by atoms with Gasteiger partial charge in [0.05, 0.1) is 17.2 Å². The normalized spacial score (nSPS) is 15.0. The minimum atomic E-state index is -0.285. The van der Waals surface area contributed by atoms with E-state index >= 15 is 0 Å². The van der Waals surface area contributed by atoms with Crippen molar-refractivity contribution in [2.75, 3.05) is 25.4 Å². The van der Waals surface area contributed by atoms with E-state index in [9.17, 15) is 4.39 Å². The average molecular weight is 520 g/mol. The monoisotopic (exact) mass is 519 g/mol. The number of pyridine rings is 1. The van der Waals surface area contributed by atoms with E-state index in [0.29, 0.717) is 17.1 Å². The fourth-order valence-electron chi connectivity index (χ4n) is 5.12. The van der Waals surface area contributed by atoms with Crippen LogP contribution in [-0.4, -0.2) is 39.5 Å². The van der Waals surface area contributed by atoms with Gasteiger partial charge in [0.25, 0.3) is 0 Å². The number of hydrogen-bond donors (Lipinski definition) is 2. The molecular weight excluding hydrogens is 485 g/mol. The molecular formula is C33H34FN5. The van der Waals surface area contributed by atoms with Gasteiger partial charge in [-0.1, -0.05) is 56.0 Å². The largest absolute Gasteiger partial charge is 0.398 e. The Morgan fingerprint density at radius 3 is 2.59 bits per heavy atom. The molecule has 0 atom stereocenters. The molecule has 0 amide bonds. The molecule has 1 aliphatic rings. The lowest BCUT2D eigenvalue weighted by molar-refractivity contribution is 0.248. The van der Waals surface area contributed by atoms with Crippen LogP contribution in [0.25, 0.3) is 33.3 Å². The average Bonchev–Trinajstić information content (AvgIpc) is 3.41. The highest BCUT2D eigenvalue weighted by Gasteiger charge is 2.16. The first kappa shape index (κ1) is 26.3. The summed E-state index contributed by atoms with van der Waals surface area (Å²) in [5, 5.41) is 0. The third kappa shape index (κ3) is 5.76. The van der Waals surface area contributed by atoms with E-state index in [2.05, 4.69) is 46.2 Å². The lowest BCUT2D eigenvalue weighted by Crippen LogP contribution is -2.31. The predicted octanol–water partition coefficient (Wildman–Crippen LogP) is 7.41. The van der Waals surface area contributed by atoms with Crippen molar-refractivity contribution < 1.29 is 4.39 Å². The maximum absolute atomic E-state index is 13.5. The number of nitrogens with zero attached hydrogens (tertiary/aromatic N) is 3. The van der Waals surface area contributed by atoms with E-state index in [1.54, 1.807) is 24.5 Å². The third-order valence-corrected chi connectivity index (χ3v) is 7.32. The molecule has 1 fully saturated rings. The molecule has 2 aromatic heterocycles. The number of nitrogens with two attached hydrogens (primary N) is 1. The van der Waals surface area contributed by atoms with Gasteiger partial charge in [0.15, 0.2) is 0 Å². The summed E-state index contributed by atoms with van der Waals surface area (Å²) in [5.74, 6) is 0.326. The Balaban J connectivity index is 1.46. The van der Waals surface area contributed by atoms with Gasteiger partial charge in [-0.2, -0.15) is 0 Å². The number of hydrogen-bond acceptors (Lipinski definition) is 4. The molecule has 0 radical (unpaired) electrons. The van der Waals surface area contributed by atoms with Crippen LogP contribution in [0.1, 0.15) is 43.1 Å². The Morgan fingerprint density at radius 2 is 1.87 bits per heavy atom. The van der Waals surface area contributed by atoms with Crippen LogP contribution < -0.4 is 5.73 Å². The van der Waals surface area contributed by atoms with E-state index in [-0.39, 0.29) is 5.82 Å². The molecule has 5 rings (SSSR count). The number of piperidine rings is 1. The van der Waals surface area contributed by atoms with E-state index in [0.717, 1.165) is 58.5 Å². The molecule has 0 saturated carbocycles. The van der Waals surface area contributed by atoms with Gasteiger partial charge in [0.2, 0.25) is 0 Å². The summed E-state index contributed by atoms with van der Waals surface area (Å²) in [7, 11) is 0. The quantitative estimate of drug-likeness (QED) is 0.188. The Hall–Kier alpha value is -4.29. The van der Waals surface area contributed by atoms with Crippen LogP contribution in [0.4, 0.5) is 10.1 Å². The number of halogens is 1. The maximum atomic E-state index is 13.5. The van der Waals surface area contributed by atoms with Crippen molar-refractivity contribution >= 4 is 27.9 Å². The number of nitrogens with one attached hydrogen (secondary N) is 1. The summed E-state index contributed by atoms with van der Waals surface area (Å²) in [6, 6.07) is 12.3. The number of nitrogen functional groups attached to an aromatic ring is 1. The van der Waals surface area contributed by atoms with Crippen molar-refractivity contribution in [1.82, 2.24) is 19.9 Å². The van der Waals surface area contributed by atoms with Crippen molar-refractivity contribution in [2.24, 2.45) is 0 Å². The molecule has 0 aliphatic carbocycles. The van der Waals surface area contributed by atoms with Crippen LogP contribution in [-0.2, 0) is 0 Å². The predicted molar refractivity (Wildman–Crippen MR) is 160 cm³/mol. The maximum Gasteiger partial charge on any atom is 0.138 e. The lowest BCUT2D eigenvalue weighted by atomic mass is 9.96. The molecule has 0 spiro atoms. The van der Waals surface area contributed by atoms with Crippen LogP contribution >= 0.6 is 0 Å². The molecule has 5 nitrogen and oxygen atoms in total. The zero-order valence-electron chi connectivity index (χ0n) is 22.4. The molecule has 6 heteroatoms. The van der Waals surface area contributed by atoms with Gasteiger partial charge in [0, 0.05) is 35.1 Å². The second kappa shape index (κ2) is 11.6. The molecule has 3 heterocycles. The minimum Gasteiger partial charge on any atom is -0.398 e. The molecule has 0 unspecified atom stereocenters. The number of allylic oxidation sites excluding steroid dienone is 3. The summed E-state index contributed by atoms with van der Waals surface area (Å²) >= 11 is 0. The first-order chi connectivity index (χ1) is 19.0. The van der Waals surface area contributed by atoms with Gasteiger partial charge < -0.3 is 10.7 Å². The Morgan fingerprint density at radius 1 is 1.10 bits per heavy atom. The Labute approximate surface area is 229 Å². The van der Waals surface area contributed by atoms with Crippen LogP contribution in [0.15, 0.2) is 91.8 Å². The van der Waals surface area contributed by atoms with Crippen molar-refractivity contribution in [3.8, 4) is 11.1 Å². The number of aromatic nitrogens is 3. The number of fused-ring (bicyclic) bond motifs is 1. The number of rotatable bonds is 8. The highest BCUT2D eigenvalue weighted by atomic mass is 19.1. The van der Waals surface area contributed by atoms with Crippen molar-refractivity contribution in [3.05, 3.63) is 115 Å². The number of H-pyrrole nitrogens is 1. The molecule has 39 heavy (non-hydrogen) atoms. The zero-order valence-corrected chi connectivity index (χ0v) is 22.4. The number of likely N-dealkylation sites (tertiary alicyclic amines) is 1. The highest BCUT2D eigenvalue weighted by molar-refractivity contribution is 5.94. The molecule has 4 aromatic rings. The standard InChI is InChI=1S/C33H34FN5/c1-4-23(21-39-15-7-6-8-16-39)17-24(5-2)26-11-14-30(35)28(18-26)22(3)33-37-31-20-36-19-29(32(31)38-33)25-9-12-27(34)13-10-25/h4-5,9-14,17-20H,1,3,6-8,15-16,21,35H2,2H3,(H,37,38)/b23-17+,24-5+. The van der Waals surface area contributed by atoms with E-state index in [4.69, 9.17) is 10.7 Å². The minimum absolute atomic E-state index is 0.285. The summed E-state index contributed by atoms with van der Waals surface area (Å²) in [6.45, 7) is 13.6. The van der Waals surface area contributed by atoms with Crippen molar-refractivity contribution in [2.45, 2.75) is 26.2 Å². The van der Waals surface area contributed by atoms with Gasteiger partial charge >= 0.3 is 0 Å². The fraction of sp³-hybridized carbons (Fsp3) is 0.212. The number of aromatic amines is 1. The smallest absolute Gasteiger partial charge is 0.138 e. The summed E-state index contributed by atoms with van der Waals surface area (Å²) in [5.41, 5.74) is 15.1. The molecule has 3 N–H and O–H groups in total. The van der Waals surface area contributed by atoms with E-state index < -0.39 is 0 Å². The van der Waals surface area contributed by atoms with Crippen molar-refractivity contribution in [3.63, 3.8) is 0 Å². The number of benzene rings is 2. The molecule has 1 aliphatic heterocycles. The highest BCUT2D eigenvalue weighted by Crippen LogP contribution is 2.32. The second-order valence-electron chi connectivity index (χ2n) is 9.96. The number of anilines is 1. The second-order valence-corrected chi connectivity index (χ2v) is 9.96. The number of imidazole rings is 1. The van der Waals surface area contributed by atoms with E-state index in [1.165, 1.54) is 37.0 Å². The third-order valence-electron chi connectivity index (χ3n) is 7.32. The van der Waals surface area contributed by atoms with Gasteiger partial charge in [-0.15, -0.1) is 0 Å². The van der Waals surface area contributed by atoms with Crippen molar-refractivity contribution in [1.29, 1.82) is 0 Å². The van der Waals surface area contributed by atoms with Gasteiger partial charge in [-0.3, -0.25) is 9.88 Å². The molecule has 198 valence electrons. The zero-order chi connectivity index (χ0) is 27.4. The van der Waals surface area contributed by atoms with Gasteiger partial charge in [0.1, 0.15) is 11.6 Å². The van der Waals surface area contributed by atoms with Crippen LogP contribution in [0.5, 0.6) is 0 Å². The molecule has 1 saturated heterocycles. The van der Waals surface area contributed by atoms with Crippen LogP contribution in [0.3, 0.4) is 0 Å². The fourth-order valence-corrected chi connectivity index (χ4v) is 5.12. The Bertz CT molecular complexity index is 1570. The topological polar surface area (TPSA) is 70.8 Å². The summed E-state index contributed by atoms with van der Waals surface area (Å²) < 4.78 is 13.5. The molecule has 2 aromatic carbocycles. The van der Waals surface area contributed by atoms with Gasteiger partial charge in [-0.05, 0) is 79.4 Å². The summed E-state index contributed by atoms with van der Waals surface area (Å²) in [6.07, 6.45) is 13.6. The van der Waals surface area contributed by atoms with Gasteiger partial charge in [-0.25, -0.2) is 9.37 Å². The first-order valence-corrected chi connectivity index (χ1v) is 13.4. The SMILES string of the molecule is C=C/C(=C\C(=C/C)c1ccc(N)c(C(=C)c2nc3c(-c4ccc(F)cc4)cncc3[nH]2)c1)CN1CCCCC1.